The molecule has 182 valence electrons. The SMILES string of the molecule is CC(C)(C)OC(=O)NC[C@@H]1CCN(c2nc(Cl)ncc2C2=CCN(C(=O)OC(C)(C)C)C2)C1. The van der Waals surface area contributed by atoms with Crippen LogP contribution in [0.3, 0.4) is 0 Å². The molecule has 9 nitrogen and oxygen atoms in total. The third-order valence-corrected chi connectivity index (χ3v) is 5.36. The normalized spacial score (nSPS) is 18.9. The number of anilines is 1. The number of alkyl carbamates (subject to hydrolysis) is 1. The first-order chi connectivity index (χ1) is 15.3. The van der Waals surface area contributed by atoms with Crippen molar-refractivity contribution < 1.29 is 19.1 Å². The van der Waals surface area contributed by atoms with E-state index >= 15 is 0 Å². The predicted molar refractivity (Wildman–Crippen MR) is 127 cm³/mol. The van der Waals surface area contributed by atoms with Crippen LogP contribution in [0.25, 0.3) is 5.57 Å². The lowest BCUT2D eigenvalue weighted by Gasteiger charge is -2.25. The van der Waals surface area contributed by atoms with Gasteiger partial charge in [-0.25, -0.2) is 14.6 Å². The van der Waals surface area contributed by atoms with Crippen molar-refractivity contribution >= 4 is 35.2 Å². The van der Waals surface area contributed by atoms with Gasteiger partial charge in [-0.05, 0) is 71.1 Å². The number of carbonyl (C=O) groups is 2. The van der Waals surface area contributed by atoms with Gasteiger partial charge in [-0.2, -0.15) is 4.98 Å². The summed E-state index contributed by atoms with van der Waals surface area (Å²) in [5.41, 5.74) is 0.737. The Morgan fingerprint density at radius 3 is 2.55 bits per heavy atom. The van der Waals surface area contributed by atoms with Crippen LogP contribution in [0.2, 0.25) is 5.28 Å². The molecule has 33 heavy (non-hydrogen) atoms. The summed E-state index contributed by atoms with van der Waals surface area (Å²) in [5.74, 6) is 1.00. The molecule has 0 bridgehead atoms. The number of amides is 2. The Morgan fingerprint density at radius 1 is 1.18 bits per heavy atom. The van der Waals surface area contributed by atoms with Crippen LogP contribution in [0.15, 0.2) is 12.3 Å². The highest BCUT2D eigenvalue weighted by atomic mass is 35.5. The summed E-state index contributed by atoms with van der Waals surface area (Å²) in [6.07, 6.45) is 3.85. The van der Waals surface area contributed by atoms with Crippen LogP contribution in [-0.4, -0.2) is 71.0 Å². The molecule has 2 aliphatic heterocycles. The number of hydrogen-bond acceptors (Lipinski definition) is 7. The summed E-state index contributed by atoms with van der Waals surface area (Å²) in [6.45, 7) is 14.0. The molecule has 1 aromatic heterocycles. The summed E-state index contributed by atoms with van der Waals surface area (Å²) >= 11 is 6.13. The van der Waals surface area contributed by atoms with E-state index in [4.69, 9.17) is 21.1 Å². The smallest absolute Gasteiger partial charge is 0.410 e. The van der Waals surface area contributed by atoms with Crippen molar-refractivity contribution in [3.8, 4) is 0 Å². The number of aromatic nitrogens is 2. The lowest BCUT2D eigenvalue weighted by Crippen LogP contribution is -2.36. The van der Waals surface area contributed by atoms with Crippen molar-refractivity contribution in [3.63, 3.8) is 0 Å². The Morgan fingerprint density at radius 2 is 1.88 bits per heavy atom. The molecule has 2 aliphatic rings. The van der Waals surface area contributed by atoms with Crippen LogP contribution in [-0.2, 0) is 9.47 Å². The maximum Gasteiger partial charge on any atom is 0.410 e. The van der Waals surface area contributed by atoms with Gasteiger partial charge >= 0.3 is 12.2 Å². The molecule has 3 heterocycles. The van der Waals surface area contributed by atoms with E-state index in [0.29, 0.717) is 19.6 Å². The van der Waals surface area contributed by atoms with Crippen molar-refractivity contribution in [1.82, 2.24) is 20.2 Å². The van der Waals surface area contributed by atoms with Gasteiger partial charge in [0.25, 0.3) is 0 Å². The number of halogens is 1. The fourth-order valence-electron chi connectivity index (χ4n) is 3.77. The van der Waals surface area contributed by atoms with E-state index in [0.717, 1.165) is 36.5 Å². The predicted octanol–water partition coefficient (Wildman–Crippen LogP) is 4.12. The molecular formula is C23H34ClN5O4. The Balaban J connectivity index is 1.64. The Hall–Kier alpha value is -2.55. The van der Waals surface area contributed by atoms with Crippen LogP contribution >= 0.6 is 11.6 Å². The summed E-state index contributed by atoms with van der Waals surface area (Å²) in [4.78, 5) is 36.9. The van der Waals surface area contributed by atoms with Gasteiger partial charge in [0.05, 0.1) is 0 Å². The zero-order chi connectivity index (χ0) is 24.4. The fraction of sp³-hybridized carbons (Fsp3) is 0.652. The molecule has 1 saturated heterocycles. The monoisotopic (exact) mass is 479 g/mol. The van der Waals surface area contributed by atoms with Crippen molar-refractivity contribution in [1.29, 1.82) is 0 Å². The molecule has 0 unspecified atom stereocenters. The molecule has 0 radical (unpaired) electrons. The van der Waals surface area contributed by atoms with Crippen molar-refractivity contribution in [2.24, 2.45) is 5.92 Å². The number of hydrogen-bond donors (Lipinski definition) is 1. The minimum atomic E-state index is -0.549. The second kappa shape index (κ2) is 9.75. The first-order valence-corrected chi connectivity index (χ1v) is 11.6. The maximum atomic E-state index is 12.5. The molecule has 10 heteroatoms. The van der Waals surface area contributed by atoms with Crippen LogP contribution < -0.4 is 10.2 Å². The van der Waals surface area contributed by atoms with Gasteiger partial charge < -0.3 is 24.6 Å². The summed E-state index contributed by atoms with van der Waals surface area (Å²) in [7, 11) is 0. The number of ether oxygens (including phenoxy) is 2. The van der Waals surface area contributed by atoms with E-state index in [1.54, 1.807) is 11.1 Å². The van der Waals surface area contributed by atoms with E-state index in [1.165, 1.54) is 0 Å². The zero-order valence-electron chi connectivity index (χ0n) is 20.3. The van der Waals surface area contributed by atoms with E-state index in [2.05, 4.69) is 20.2 Å². The molecule has 1 aromatic rings. The van der Waals surface area contributed by atoms with E-state index in [-0.39, 0.29) is 17.3 Å². The molecule has 1 atom stereocenters. The topological polar surface area (TPSA) is 96.9 Å². The van der Waals surface area contributed by atoms with E-state index in [9.17, 15) is 9.59 Å². The molecule has 1 fully saturated rings. The third kappa shape index (κ3) is 7.22. The Labute approximate surface area is 200 Å². The van der Waals surface area contributed by atoms with Gasteiger partial charge in [-0.1, -0.05) is 6.08 Å². The van der Waals surface area contributed by atoms with Crippen LogP contribution in [0.1, 0.15) is 53.5 Å². The highest BCUT2D eigenvalue weighted by molar-refractivity contribution is 6.28. The summed E-state index contributed by atoms with van der Waals surface area (Å²) < 4.78 is 10.8. The number of carbonyl (C=O) groups excluding carboxylic acids is 2. The average Bonchev–Trinajstić information content (AvgIpc) is 3.33. The molecule has 2 amide bonds. The average molecular weight is 480 g/mol. The largest absolute Gasteiger partial charge is 0.444 e. The molecule has 0 spiro atoms. The highest BCUT2D eigenvalue weighted by Crippen LogP contribution is 2.32. The number of nitrogens with one attached hydrogen (secondary N) is 1. The minimum Gasteiger partial charge on any atom is -0.444 e. The minimum absolute atomic E-state index is 0.173. The molecule has 0 aliphatic carbocycles. The lowest BCUT2D eigenvalue weighted by atomic mass is 10.1. The van der Waals surface area contributed by atoms with Gasteiger partial charge in [0.15, 0.2) is 0 Å². The highest BCUT2D eigenvalue weighted by Gasteiger charge is 2.31. The number of rotatable bonds is 4. The number of nitrogens with zero attached hydrogens (tertiary/aromatic N) is 4. The Kier molecular flexibility index (Phi) is 7.41. The zero-order valence-corrected chi connectivity index (χ0v) is 21.0. The molecule has 3 rings (SSSR count). The van der Waals surface area contributed by atoms with E-state index < -0.39 is 17.3 Å². The first-order valence-electron chi connectivity index (χ1n) is 11.2. The van der Waals surface area contributed by atoms with Gasteiger partial charge in [-0.3, -0.25) is 0 Å². The molecular weight excluding hydrogens is 446 g/mol. The van der Waals surface area contributed by atoms with Gasteiger partial charge in [0.2, 0.25) is 5.28 Å². The third-order valence-electron chi connectivity index (χ3n) is 5.18. The second-order valence-corrected chi connectivity index (χ2v) is 10.8. The second-order valence-electron chi connectivity index (χ2n) is 10.5. The van der Waals surface area contributed by atoms with Crippen LogP contribution in [0.5, 0.6) is 0 Å². The first kappa shape index (κ1) is 25.1. The Bertz CT molecular complexity index is 922. The summed E-state index contributed by atoms with van der Waals surface area (Å²) in [6, 6.07) is 0. The fourth-order valence-corrected chi connectivity index (χ4v) is 3.90. The van der Waals surface area contributed by atoms with Crippen LogP contribution in [0.4, 0.5) is 15.4 Å². The molecule has 0 saturated carbocycles. The standard InChI is InChI=1S/C23H34ClN5O4/c1-22(2,3)32-20(30)26-11-15-7-9-28(13-15)18-17(12-25-19(24)27-18)16-8-10-29(14-16)21(31)33-23(4,5)6/h8,12,15H,7,9-11,13-14H2,1-6H3,(H,26,30)/t15-/m0/s1. The van der Waals surface area contributed by atoms with Gasteiger partial charge in [0.1, 0.15) is 17.0 Å². The van der Waals surface area contributed by atoms with Gasteiger partial charge in [0, 0.05) is 44.5 Å². The summed E-state index contributed by atoms with van der Waals surface area (Å²) in [5, 5.41) is 3.03. The quantitative estimate of drug-likeness (QED) is 0.649. The lowest BCUT2D eigenvalue weighted by molar-refractivity contribution is 0.0305. The maximum absolute atomic E-state index is 12.5. The van der Waals surface area contributed by atoms with Crippen LogP contribution in [0, 0.1) is 5.92 Å². The van der Waals surface area contributed by atoms with Crippen molar-refractivity contribution in [3.05, 3.63) is 23.1 Å². The van der Waals surface area contributed by atoms with E-state index in [1.807, 2.05) is 47.6 Å². The van der Waals surface area contributed by atoms with Crippen molar-refractivity contribution in [2.75, 3.05) is 37.6 Å². The molecule has 1 N–H and O–H groups in total. The van der Waals surface area contributed by atoms with Crippen molar-refractivity contribution in [2.45, 2.75) is 59.2 Å². The van der Waals surface area contributed by atoms with Gasteiger partial charge in [-0.15, -0.1) is 0 Å². The molecule has 0 aromatic carbocycles.